The van der Waals surface area contributed by atoms with E-state index in [-0.39, 0.29) is 0 Å². The Morgan fingerprint density at radius 2 is 1.23 bits per heavy atom. The third-order valence-electron chi connectivity index (χ3n) is 3.48. The van der Waals surface area contributed by atoms with E-state index in [0.29, 0.717) is 11.1 Å². The second-order valence-corrected chi connectivity index (χ2v) is 5.35. The molecule has 0 aliphatic carbocycles. The van der Waals surface area contributed by atoms with E-state index in [0.717, 1.165) is 6.92 Å². The lowest BCUT2D eigenvalue weighted by Crippen LogP contribution is -2.39. The van der Waals surface area contributed by atoms with Gasteiger partial charge in [-0.15, -0.1) is 0 Å². The van der Waals surface area contributed by atoms with Crippen LogP contribution in [-0.4, -0.2) is 22.0 Å². The lowest BCUT2D eigenvalue weighted by molar-refractivity contribution is -0.170. The molecule has 5 heteroatoms. The molecule has 3 rings (SSSR count). The Balaban J connectivity index is 0.000000342. The van der Waals surface area contributed by atoms with E-state index in [1.807, 2.05) is 18.2 Å². The van der Waals surface area contributed by atoms with Gasteiger partial charge in [0.1, 0.15) is 0 Å². The zero-order valence-electron chi connectivity index (χ0n) is 14.3. The molecule has 0 aliphatic heterocycles. The predicted molar refractivity (Wildman–Crippen MR) is 96.9 cm³/mol. The van der Waals surface area contributed by atoms with E-state index in [4.69, 9.17) is 0 Å². The molecule has 1 aromatic heterocycles. The summed E-state index contributed by atoms with van der Waals surface area (Å²) in [5, 5.41) is 10.8. The van der Waals surface area contributed by atoms with Crippen molar-refractivity contribution in [3.63, 3.8) is 0 Å². The van der Waals surface area contributed by atoms with Crippen LogP contribution in [0.4, 0.5) is 0 Å². The smallest absolute Gasteiger partial charge is 0.355 e. The van der Waals surface area contributed by atoms with Crippen LogP contribution in [-0.2, 0) is 19.9 Å². The molecule has 0 amide bonds. The van der Waals surface area contributed by atoms with Gasteiger partial charge in [-0.05, 0) is 23.3 Å². The number of carbonyl (C=O) groups is 2. The van der Waals surface area contributed by atoms with E-state index in [1.165, 1.54) is 0 Å². The van der Waals surface area contributed by atoms with Crippen molar-refractivity contribution in [3.8, 4) is 0 Å². The molecular formula is C21H19NO4. The summed E-state index contributed by atoms with van der Waals surface area (Å²) in [6.45, 7) is 1.12. The third-order valence-corrected chi connectivity index (χ3v) is 3.48. The lowest BCUT2D eigenvalue weighted by atomic mass is 9.86. The molecule has 0 saturated heterocycles. The number of aliphatic hydroxyl groups is 1. The topological polar surface area (TPSA) is 76.5 Å². The van der Waals surface area contributed by atoms with Gasteiger partial charge >= 0.3 is 11.9 Å². The van der Waals surface area contributed by atoms with Crippen LogP contribution in [0.1, 0.15) is 18.1 Å². The van der Waals surface area contributed by atoms with E-state index in [2.05, 4.69) is 9.72 Å². The third kappa shape index (κ3) is 4.84. The summed E-state index contributed by atoms with van der Waals surface area (Å²) in [5.74, 6) is -1.78. The van der Waals surface area contributed by atoms with Gasteiger partial charge in [-0.25, -0.2) is 4.79 Å². The molecule has 1 heterocycles. The van der Waals surface area contributed by atoms with Crippen LogP contribution in [0.2, 0.25) is 0 Å². The molecule has 1 N–H and O–H groups in total. The van der Waals surface area contributed by atoms with Crippen molar-refractivity contribution in [2.75, 3.05) is 0 Å². The first-order valence-electron chi connectivity index (χ1n) is 7.96. The maximum atomic E-state index is 12.2. The van der Waals surface area contributed by atoms with Crippen LogP contribution in [0.25, 0.3) is 0 Å². The van der Waals surface area contributed by atoms with Gasteiger partial charge in [0.2, 0.25) is 5.60 Å². The first-order valence-corrected chi connectivity index (χ1v) is 7.96. The molecule has 0 spiro atoms. The average molecular weight is 349 g/mol. The molecule has 2 aromatic carbocycles. The predicted octanol–water partition coefficient (Wildman–Crippen LogP) is 3.09. The summed E-state index contributed by atoms with van der Waals surface area (Å²) < 4.78 is 4.60. The fourth-order valence-corrected chi connectivity index (χ4v) is 2.28. The minimum absolute atomic E-state index is 0.345. The molecule has 26 heavy (non-hydrogen) atoms. The number of hydrogen-bond donors (Lipinski definition) is 1. The van der Waals surface area contributed by atoms with Crippen molar-refractivity contribution in [2.24, 2.45) is 0 Å². The highest BCUT2D eigenvalue weighted by Gasteiger charge is 2.42. The van der Waals surface area contributed by atoms with Gasteiger partial charge in [0.25, 0.3) is 0 Å². The molecule has 0 atom stereocenters. The molecule has 0 aliphatic rings. The summed E-state index contributed by atoms with van der Waals surface area (Å²) >= 11 is 0. The van der Waals surface area contributed by atoms with Gasteiger partial charge in [0, 0.05) is 19.3 Å². The van der Waals surface area contributed by atoms with Crippen molar-refractivity contribution < 1.29 is 19.4 Å². The second-order valence-electron chi connectivity index (χ2n) is 5.35. The number of nitrogens with zero attached hydrogens (tertiary/aromatic N) is 1. The zero-order valence-corrected chi connectivity index (χ0v) is 14.3. The van der Waals surface area contributed by atoms with Crippen molar-refractivity contribution in [2.45, 2.75) is 12.5 Å². The number of benzene rings is 2. The minimum Gasteiger partial charge on any atom is -0.391 e. The molecule has 0 bridgehead atoms. The maximum Gasteiger partial charge on any atom is 0.355 e. The minimum atomic E-state index is -2.01. The Hall–Kier alpha value is -3.31. The van der Waals surface area contributed by atoms with Gasteiger partial charge in [0.15, 0.2) is 0 Å². The van der Waals surface area contributed by atoms with Crippen molar-refractivity contribution in [1.82, 2.24) is 4.98 Å². The highest BCUT2D eigenvalue weighted by atomic mass is 16.6. The van der Waals surface area contributed by atoms with Gasteiger partial charge in [0.05, 0.1) is 0 Å². The standard InChI is InChI=1S/C16H14O4.C5H5N/c1-12(17)20-15(18)16(19,13-8-4-2-5-9-13)14-10-6-3-7-11-14;1-2-4-6-5-3-1/h2-11,19H,1H3;1-5H. The Kier molecular flexibility index (Phi) is 6.76. The van der Waals surface area contributed by atoms with Gasteiger partial charge in [-0.3, -0.25) is 9.78 Å². The van der Waals surface area contributed by atoms with Gasteiger partial charge < -0.3 is 9.84 Å². The number of esters is 2. The number of ether oxygens (including phenoxy) is 1. The molecule has 0 unspecified atom stereocenters. The van der Waals surface area contributed by atoms with Crippen molar-refractivity contribution in [1.29, 1.82) is 0 Å². The fourth-order valence-electron chi connectivity index (χ4n) is 2.28. The monoisotopic (exact) mass is 349 g/mol. The molecule has 0 fully saturated rings. The molecule has 3 aromatic rings. The number of aromatic nitrogens is 1. The van der Waals surface area contributed by atoms with Gasteiger partial charge in [-0.1, -0.05) is 66.7 Å². The first-order chi connectivity index (χ1) is 12.5. The van der Waals surface area contributed by atoms with E-state index in [9.17, 15) is 14.7 Å². The quantitative estimate of drug-likeness (QED) is 0.581. The van der Waals surface area contributed by atoms with E-state index < -0.39 is 17.5 Å². The van der Waals surface area contributed by atoms with Crippen LogP contribution in [0.3, 0.4) is 0 Å². The van der Waals surface area contributed by atoms with Crippen molar-refractivity contribution >= 4 is 11.9 Å². The number of hydrogen-bond acceptors (Lipinski definition) is 5. The largest absolute Gasteiger partial charge is 0.391 e. The van der Waals surface area contributed by atoms with Crippen LogP contribution < -0.4 is 0 Å². The van der Waals surface area contributed by atoms with Crippen LogP contribution in [0.5, 0.6) is 0 Å². The van der Waals surface area contributed by atoms with Gasteiger partial charge in [-0.2, -0.15) is 0 Å². The summed E-state index contributed by atoms with van der Waals surface area (Å²) in [5.41, 5.74) is -1.32. The summed E-state index contributed by atoms with van der Waals surface area (Å²) in [6.07, 6.45) is 3.50. The molecule has 0 radical (unpaired) electrons. The summed E-state index contributed by atoms with van der Waals surface area (Å²) in [7, 11) is 0. The maximum absolute atomic E-state index is 12.2. The lowest BCUT2D eigenvalue weighted by Gasteiger charge is -2.26. The highest BCUT2D eigenvalue weighted by Crippen LogP contribution is 2.30. The highest BCUT2D eigenvalue weighted by molar-refractivity contribution is 5.92. The molecule has 0 saturated carbocycles. The first kappa shape index (κ1) is 19.0. The summed E-state index contributed by atoms with van der Waals surface area (Å²) in [4.78, 5) is 27.0. The Labute approximate surface area is 151 Å². The number of carbonyl (C=O) groups excluding carboxylic acids is 2. The number of rotatable bonds is 3. The Bertz CT molecular complexity index is 754. The van der Waals surface area contributed by atoms with Crippen LogP contribution in [0.15, 0.2) is 91.3 Å². The van der Waals surface area contributed by atoms with E-state index in [1.54, 1.807) is 73.1 Å². The summed E-state index contributed by atoms with van der Waals surface area (Å²) in [6, 6.07) is 22.5. The van der Waals surface area contributed by atoms with E-state index >= 15 is 0 Å². The molecule has 5 nitrogen and oxygen atoms in total. The zero-order chi connectivity index (χ0) is 18.8. The normalized spacial score (nSPS) is 10.2. The average Bonchev–Trinajstić information content (AvgIpc) is 2.70. The fraction of sp³-hybridized carbons (Fsp3) is 0.0952. The van der Waals surface area contributed by atoms with Crippen LogP contribution >= 0.6 is 0 Å². The Morgan fingerprint density at radius 3 is 1.54 bits per heavy atom. The number of pyridine rings is 1. The Morgan fingerprint density at radius 1 is 0.808 bits per heavy atom. The molecule has 132 valence electrons. The van der Waals surface area contributed by atoms with Crippen LogP contribution in [0, 0.1) is 0 Å². The second kappa shape index (κ2) is 9.25. The SMILES string of the molecule is CC(=O)OC(=O)C(O)(c1ccccc1)c1ccccc1.c1ccncc1. The molecular weight excluding hydrogens is 330 g/mol. The van der Waals surface area contributed by atoms with Crippen molar-refractivity contribution in [3.05, 3.63) is 102 Å².